The predicted molar refractivity (Wildman–Crippen MR) is 55.3 cm³/mol. The Morgan fingerprint density at radius 3 is 2.71 bits per heavy atom. The Bertz CT molecular complexity index is 378. The topological polar surface area (TPSA) is 60.2 Å². The maximum absolute atomic E-state index is 10.6. The van der Waals surface area contributed by atoms with Crippen molar-refractivity contribution in [2.75, 3.05) is 0 Å². The molecule has 0 aliphatic carbocycles. The molecule has 0 aromatic heterocycles. The molecular formula is C9H8BrNO3. The number of carbonyl (C=O) groups is 1. The first kappa shape index (κ1) is 10.8. The van der Waals surface area contributed by atoms with Crippen molar-refractivity contribution >= 4 is 27.9 Å². The lowest BCUT2D eigenvalue weighted by molar-refractivity contribution is -0.385. The zero-order valence-electron chi connectivity index (χ0n) is 7.44. The highest BCUT2D eigenvalue weighted by molar-refractivity contribution is 9.10. The molecule has 0 heterocycles. The summed E-state index contributed by atoms with van der Waals surface area (Å²) in [5.74, 6) is -0.343. The van der Waals surface area contributed by atoms with Crippen molar-refractivity contribution in [3.05, 3.63) is 38.3 Å². The number of benzene rings is 1. The lowest BCUT2D eigenvalue weighted by Crippen LogP contribution is -1.98. The van der Waals surface area contributed by atoms with Crippen molar-refractivity contribution in [1.29, 1.82) is 0 Å². The number of rotatable bonds is 3. The van der Waals surface area contributed by atoms with E-state index in [4.69, 9.17) is 0 Å². The summed E-state index contributed by atoms with van der Waals surface area (Å²) in [5.41, 5.74) is 0.616. The first-order valence-corrected chi connectivity index (χ1v) is 4.75. The van der Waals surface area contributed by atoms with E-state index < -0.39 is 4.92 Å². The molecule has 0 radical (unpaired) electrons. The zero-order chi connectivity index (χ0) is 10.7. The molecule has 0 spiro atoms. The van der Waals surface area contributed by atoms with Crippen LogP contribution in [0.5, 0.6) is 0 Å². The molecule has 1 aromatic carbocycles. The summed E-state index contributed by atoms with van der Waals surface area (Å²) in [7, 11) is 0. The standard InChI is InChI=1S/C9H8BrNO3/c1-6(5-12)7-3-2-4-8(9(7)10)11(13)14/h2-6H,1H3. The maximum atomic E-state index is 10.6. The highest BCUT2D eigenvalue weighted by atomic mass is 79.9. The van der Waals surface area contributed by atoms with E-state index in [0.29, 0.717) is 10.0 Å². The van der Waals surface area contributed by atoms with E-state index in [1.165, 1.54) is 6.07 Å². The number of aldehydes is 1. The lowest BCUT2D eigenvalue weighted by Gasteiger charge is -2.06. The molecule has 5 heteroatoms. The highest BCUT2D eigenvalue weighted by Crippen LogP contribution is 2.31. The molecule has 0 aliphatic rings. The molecule has 0 fully saturated rings. The van der Waals surface area contributed by atoms with Crippen molar-refractivity contribution in [3.8, 4) is 0 Å². The Morgan fingerprint density at radius 2 is 2.21 bits per heavy atom. The van der Waals surface area contributed by atoms with Gasteiger partial charge in [0.15, 0.2) is 0 Å². The third kappa shape index (κ3) is 1.98. The minimum Gasteiger partial charge on any atom is -0.303 e. The minimum absolute atomic E-state index is 0.0174. The summed E-state index contributed by atoms with van der Waals surface area (Å²) >= 11 is 3.12. The van der Waals surface area contributed by atoms with Gasteiger partial charge in [-0.05, 0) is 21.5 Å². The molecule has 0 saturated heterocycles. The molecule has 1 aromatic rings. The van der Waals surface area contributed by atoms with Crippen LogP contribution in [0.4, 0.5) is 5.69 Å². The van der Waals surface area contributed by atoms with Gasteiger partial charge < -0.3 is 4.79 Å². The van der Waals surface area contributed by atoms with E-state index in [1.54, 1.807) is 19.1 Å². The largest absolute Gasteiger partial charge is 0.303 e. The van der Waals surface area contributed by atoms with E-state index in [0.717, 1.165) is 6.29 Å². The van der Waals surface area contributed by atoms with Crippen LogP contribution in [-0.2, 0) is 4.79 Å². The normalized spacial score (nSPS) is 12.1. The Labute approximate surface area is 89.2 Å². The van der Waals surface area contributed by atoms with Gasteiger partial charge in [-0.25, -0.2) is 0 Å². The Balaban J connectivity index is 3.26. The second-order valence-corrected chi connectivity index (χ2v) is 3.66. The van der Waals surface area contributed by atoms with Gasteiger partial charge in [0, 0.05) is 12.0 Å². The third-order valence-electron chi connectivity index (χ3n) is 1.90. The van der Waals surface area contributed by atoms with Crippen molar-refractivity contribution in [2.24, 2.45) is 0 Å². The minimum atomic E-state index is -0.481. The van der Waals surface area contributed by atoms with Crippen LogP contribution in [0.2, 0.25) is 0 Å². The first-order chi connectivity index (χ1) is 6.57. The summed E-state index contributed by atoms with van der Waals surface area (Å²) < 4.78 is 0.379. The number of hydrogen-bond donors (Lipinski definition) is 0. The molecule has 0 saturated carbocycles. The second-order valence-electron chi connectivity index (χ2n) is 2.86. The number of nitro groups is 1. The van der Waals surface area contributed by atoms with Crippen LogP contribution in [-0.4, -0.2) is 11.2 Å². The molecular weight excluding hydrogens is 250 g/mol. The van der Waals surface area contributed by atoms with Crippen LogP contribution in [0.15, 0.2) is 22.7 Å². The van der Waals surface area contributed by atoms with Gasteiger partial charge in [0.05, 0.1) is 9.40 Å². The van der Waals surface area contributed by atoms with Gasteiger partial charge >= 0.3 is 0 Å². The third-order valence-corrected chi connectivity index (χ3v) is 2.76. The number of nitrogens with zero attached hydrogens (tertiary/aromatic N) is 1. The Kier molecular flexibility index (Phi) is 3.35. The van der Waals surface area contributed by atoms with Crippen LogP contribution in [0, 0.1) is 10.1 Å². The highest BCUT2D eigenvalue weighted by Gasteiger charge is 2.17. The molecule has 1 rings (SSSR count). The molecule has 74 valence electrons. The monoisotopic (exact) mass is 257 g/mol. The van der Waals surface area contributed by atoms with Crippen LogP contribution in [0.25, 0.3) is 0 Å². The van der Waals surface area contributed by atoms with E-state index in [2.05, 4.69) is 15.9 Å². The summed E-state index contributed by atoms with van der Waals surface area (Å²) in [6.07, 6.45) is 0.754. The van der Waals surface area contributed by atoms with Crippen molar-refractivity contribution in [1.82, 2.24) is 0 Å². The molecule has 0 bridgehead atoms. The van der Waals surface area contributed by atoms with E-state index in [-0.39, 0.29) is 11.6 Å². The molecule has 4 nitrogen and oxygen atoms in total. The van der Waals surface area contributed by atoms with Crippen LogP contribution in [0.1, 0.15) is 18.4 Å². The molecule has 0 amide bonds. The Hall–Kier alpha value is -1.23. The molecule has 1 unspecified atom stereocenters. The van der Waals surface area contributed by atoms with Gasteiger partial charge in [0.1, 0.15) is 6.29 Å². The molecule has 0 aliphatic heterocycles. The summed E-state index contributed by atoms with van der Waals surface area (Å²) in [4.78, 5) is 20.6. The summed E-state index contributed by atoms with van der Waals surface area (Å²) in [5, 5.41) is 10.6. The molecule has 1 atom stereocenters. The van der Waals surface area contributed by atoms with Crippen molar-refractivity contribution < 1.29 is 9.72 Å². The van der Waals surface area contributed by atoms with Crippen LogP contribution >= 0.6 is 15.9 Å². The fraction of sp³-hybridized carbons (Fsp3) is 0.222. The maximum Gasteiger partial charge on any atom is 0.283 e. The lowest BCUT2D eigenvalue weighted by atomic mass is 10.0. The number of nitro benzene ring substituents is 1. The van der Waals surface area contributed by atoms with E-state index in [9.17, 15) is 14.9 Å². The van der Waals surface area contributed by atoms with E-state index >= 15 is 0 Å². The van der Waals surface area contributed by atoms with Crippen LogP contribution < -0.4 is 0 Å². The molecule has 0 N–H and O–H groups in total. The average molecular weight is 258 g/mol. The fourth-order valence-corrected chi connectivity index (χ4v) is 1.87. The van der Waals surface area contributed by atoms with Crippen molar-refractivity contribution in [3.63, 3.8) is 0 Å². The van der Waals surface area contributed by atoms with Crippen molar-refractivity contribution in [2.45, 2.75) is 12.8 Å². The SMILES string of the molecule is CC(C=O)c1cccc([N+](=O)[O-])c1Br. The van der Waals surface area contributed by atoms with Gasteiger partial charge in [-0.1, -0.05) is 19.1 Å². The first-order valence-electron chi connectivity index (χ1n) is 3.96. The summed E-state index contributed by atoms with van der Waals surface area (Å²) in [6.45, 7) is 1.69. The van der Waals surface area contributed by atoms with E-state index in [1.807, 2.05) is 0 Å². The number of halogens is 1. The number of carbonyl (C=O) groups excluding carboxylic acids is 1. The fourth-order valence-electron chi connectivity index (χ4n) is 1.10. The van der Waals surface area contributed by atoms with Crippen LogP contribution in [0.3, 0.4) is 0 Å². The zero-order valence-corrected chi connectivity index (χ0v) is 9.02. The average Bonchev–Trinajstić information content (AvgIpc) is 2.16. The smallest absolute Gasteiger partial charge is 0.283 e. The van der Waals surface area contributed by atoms with Gasteiger partial charge in [0.2, 0.25) is 0 Å². The molecule has 14 heavy (non-hydrogen) atoms. The summed E-state index contributed by atoms with van der Waals surface area (Å²) in [6, 6.07) is 4.65. The quantitative estimate of drug-likeness (QED) is 0.475. The predicted octanol–water partition coefficient (Wildman–Crippen LogP) is 2.66. The van der Waals surface area contributed by atoms with Gasteiger partial charge in [-0.15, -0.1) is 0 Å². The second kappa shape index (κ2) is 4.32. The van der Waals surface area contributed by atoms with Gasteiger partial charge in [-0.2, -0.15) is 0 Å². The Morgan fingerprint density at radius 1 is 1.57 bits per heavy atom. The van der Waals surface area contributed by atoms with Gasteiger partial charge in [0.25, 0.3) is 5.69 Å². The number of hydrogen-bond acceptors (Lipinski definition) is 3. The van der Waals surface area contributed by atoms with Gasteiger partial charge in [-0.3, -0.25) is 10.1 Å².